The van der Waals surface area contributed by atoms with E-state index < -0.39 is 10.7 Å². The largest absolute Gasteiger partial charge is 0.488 e. The molecule has 2 aromatic carbocycles. The second-order valence-electron chi connectivity index (χ2n) is 4.59. The summed E-state index contributed by atoms with van der Waals surface area (Å²) in [5, 5.41) is 10.9. The molecule has 0 aliphatic carbocycles. The summed E-state index contributed by atoms with van der Waals surface area (Å²) < 4.78 is 18.9. The summed E-state index contributed by atoms with van der Waals surface area (Å²) in [4.78, 5) is 10.4. The number of rotatable bonds is 5. The Balaban J connectivity index is 2.28. The van der Waals surface area contributed by atoms with Crippen molar-refractivity contribution in [3.05, 3.63) is 69.0 Å². The third kappa shape index (κ3) is 3.35. The molecule has 0 atom stereocenters. The van der Waals surface area contributed by atoms with Crippen LogP contribution in [0.25, 0.3) is 0 Å². The van der Waals surface area contributed by atoms with E-state index in [0.717, 1.165) is 29.3 Å². The first kappa shape index (κ1) is 14.9. The monoisotopic (exact) mass is 290 g/mol. The van der Waals surface area contributed by atoms with E-state index in [1.807, 2.05) is 25.1 Å². The van der Waals surface area contributed by atoms with Crippen molar-refractivity contribution >= 4 is 5.69 Å². The fourth-order valence-corrected chi connectivity index (χ4v) is 2.08. The molecule has 5 nitrogen and oxygen atoms in total. The molecule has 0 heterocycles. The number of hydrogen-bond donors (Lipinski definition) is 1. The Morgan fingerprint density at radius 3 is 2.71 bits per heavy atom. The molecular weight excluding hydrogens is 275 g/mol. The van der Waals surface area contributed by atoms with Gasteiger partial charge >= 0.3 is 0 Å². The van der Waals surface area contributed by atoms with Gasteiger partial charge in [-0.3, -0.25) is 10.1 Å². The lowest BCUT2D eigenvalue weighted by atomic mass is 10.1. The van der Waals surface area contributed by atoms with E-state index in [1.165, 1.54) is 0 Å². The number of nitrogens with two attached hydrogens (primary N) is 1. The fraction of sp³-hybridized carbons (Fsp3) is 0.200. The molecule has 0 radical (unpaired) electrons. The molecule has 2 rings (SSSR count). The van der Waals surface area contributed by atoms with Crippen molar-refractivity contribution in [1.29, 1.82) is 0 Å². The van der Waals surface area contributed by atoms with Crippen molar-refractivity contribution in [2.45, 2.75) is 20.1 Å². The van der Waals surface area contributed by atoms with Gasteiger partial charge in [0, 0.05) is 18.2 Å². The van der Waals surface area contributed by atoms with Gasteiger partial charge in [-0.25, -0.2) is 4.39 Å². The predicted octanol–water partition coefficient (Wildman–Crippen LogP) is 3.08. The molecule has 0 bridgehead atoms. The molecule has 0 amide bonds. The number of nitrogens with zero attached hydrogens (tertiary/aromatic N) is 1. The summed E-state index contributed by atoms with van der Waals surface area (Å²) >= 11 is 0. The highest BCUT2D eigenvalue weighted by Crippen LogP contribution is 2.26. The van der Waals surface area contributed by atoms with E-state index in [1.54, 1.807) is 0 Å². The van der Waals surface area contributed by atoms with Gasteiger partial charge in [0.1, 0.15) is 18.2 Å². The predicted molar refractivity (Wildman–Crippen MR) is 76.5 cm³/mol. The van der Waals surface area contributed by atoms with Crippen LogP contribution < -0.4 is 10.5 Å². The third-order valence-corrected chi connectivity index (χ3v) is 3.12. The zero-order valence-electron chi connectivity index (χ0n) is 11.5. The van der Waals surface area contributed by atoms with Crippen molar-refractivity contribution < 1.29 is 14.1 Å². The average Bonchev–Trinajstić information content (AvgIpc) is 2.45. The molecule has 0 saturated heterocycles. The highest BCUT2D eigenvalue weighted by molar-refractivity contribution is 5.43. The average molecular weight is 290 g/mol. The van der Waals surface area contributed by atoms with Crippen LogP contribution in [-0.2, 0) is 13.2 Å². The summed E-state index contributed by atoms with van der Waals surface area (Å²) in [6, 6.07) is 8.83. The fourth-order valence-electron chi connectivity index (χ4n) is 2.08. The van der Waals surface area contributed by atoms with Gasteiger partial charge in [-0.15, -0.1) is 0 Å². The van der Waals surface area contributed by atoms with Crippen LogP contribution in [0.4, 0.5) is 10.1 Å². The van der Waals surface area contributed by atoms with Crippen LogP contribution in [0.2, 0.25) is 0 Å². The van der Waals surface area contributed by atoms with E-state index in [0.29, 0.717) is 12.3 Å². The van der Waals surface area contributed by atoms with Crippen molar-refractivity contribution in [2.24, 2.45) is 5.73 Å². The van der Waals surface area contributed by atoms with Gasteiger partial charge in [-0.1, -0.05) is 18.2 Å². The summed E-state index contributed by atoms with van der Waals surface area (Å²) in [5.74, 6) is 0.0431. The molecule has 0 aromatic heterocycles. The van der Waals surface area contributed by atoms with E-state index >= 15 is 0 Å². The number of para-hydroxylation sites is 1. The Labute approximate surface area is 121 Å². The number of hydrogen-bond acceptors (Lipinski definition) is 4. The van der Waals surface area contributed by atoms with Crippen LogP contribution in [0, 0.1) is 22.9 Å². The van der Waals surface area contributed by atoms with E-state index in [2.05, 4.69) is 0 Å². The molecule has 0 spiro atoms. The van der Waals surface area contributed by atoms with Gasteiger partial charge in [0.15, 0.2) is 0 Å². The molecular formula is C15H15FN2O3. The minimum atomic E-state index is -0.556. The van der Waals surface area contributed by atoms with Crippen molar-refractivity contribution in [2.75, 3.05) is 0 Å². The molecule has 0 aliphatic rings. The van der Waals surface area contributed by atoms with Gasteiger partial charge < -0.3 is 10.5 Å². The molecule has 0 saturated carbocycles. The smallest absolute Gasteiger partial charge is 0.276 e. The Kier molecular flexibility index (Phi) is 4.49. The SMILES string of the molecule is Cc1cccc(CN)c1OCc1cc(F)ccc1[N+](=O)[O-]. The summed E-state index contributed by atoms with van der Waals surface area (Å²) in [6.07, 6.45) is 0. The lowest BCUT2D eigenvalue weighted by molar-refractivity contribution is -0.385. The van der Waals surface area contributed by atoms with Gasteiger partial charge in [-0.05, 0) is 24.6 Å². The second kappa shape index (κ2) is 6.32. The van der Waals surface area contributed by atoms with Gasteiger partial charge in [0.25, 0.3) is 5.69 Å². The Morgan fingerprint density at radius 1 is 1.29 bits per heavy atom. The van der Waals surface area contributed by atoms with E-state index in [9.17, 15) is 14.5 Å². The van der Waals surface area contributed by atoms with Crippen LogP contribution in [0.1, 0.15) is 16.7 Å². The number of ether oxygens (including phenoxy) is 1. The maximum absolute atomic E-state index is 13.3. The first-order valence-electron chi connectivity index (χ1n) is 6.37. The standard InChI is InChI=1S/C15H15FN2O3/c1-10-3-2-4-11(8-17)15(10)21-9-12-7-13(16)5-6-14(12)18(19)20/h2-7H,8-9,17H2,1H3. The first-order chi connectivity index (χ1) is 10.0. The highest BCUT2D eigenvalue weighted by atomic mass is 19.1. The molecule has 21 heavy (non-hydrogen) atoms. The Morgan fingerprint density at radius 2 is 2.05 bits per heavy atom. The highest BCUT2D eigenvalue weighted by Gasteiger charge is 2.16. The van der Waals surface area contributed by atoms with E-state index in [-0.39, 0.29) is 17.9 Å². The van der Waals surface area contributed by atoms with Crippen LogP contribution in [-0.4, -0.2) is 4.92 Å². The molecule has 0 fully saturated rings. The molecule has 0 unspecified atom stereocenters. The minimum Gasteiger partial charge on any atom is -0.488 e. The lowest BCUT2D eigenvalue weighted by Crippen LogP contribution is -2.06. The van der Waals surface area contributed by atoms with Gasteiger partial charge in [-0.2, -0.15) is 0 Å². The molecule has 110 valence electrons. The third-order valence-electron chi connectivity index (χ3n) is 3.12. The van der Waals surface area contributed by atoms with Crippen LogP contribution >= 0.6 is 0 Å². The Bertz CT molecular complexity index is 674. The van der Waals surface area contributed by atoms with Crippen molar-refractivity contribution in [3.8, 4) is 5.75 Å². The molecule has 2 aromatic rings. The van der Waals surface area contributed by atoms with Gasteiger partial charge in [0.2, 0.25) is 0 Å². The van der Waals surface area contributed by atoms with Crippen LogP contribution in [0.3, 0.4) is 0 Å². The maximum atomic E-state index is 13.3. The number of aryl methyl sites for hydroxylation is 1. The second-order valence-corrected chi connectivity index (χ2v) is 4.59. The topological polar surface area (TPSA) is 78.4 Å². The first-order valence-corrected chi connectivity index (χ1v) is 6.37. The minimum absolute atomic E-state index is 0.0913. The number of nitro benzene ring substituents is 1. The normalized spacial score (nSPS) is 10.4. The molecule has 6 heteroatoms. The van der Waals surface area contributed by atoms with Crippen LogP contribution in [0.15, 0.2) is 36.4 Å². The lowest BCUT2D eigenvalue weighted by Gasteiger charge is -2.13. The quantitative estimate of drug-likeness (QED) is 0.678. The Hall–Kier alpha value is -2.47. The number of nitro groups is 1. The van der Waals surface area contributed by atoms with Gasteiger partial charge in [0.05, 0.1) is 10.5 Å². The number of benzene rings is 2. The molecule has 0 aliphatic heterocycles. The number of halogens is 1. The summed E-state index contributed by atoms with van der Waals surface area (Å²) in [5.41, 5.74) is 7.33. The van der Waals surface area contributed by atoms with E-state index in [4.69, 9.17) is 10.5 Å². The van der Waals surface area contributed by atoms with Crippen LogP contribution in [0.5, 0.6) is 5.75 Å². The maximum Gasteiger partial charge on any atom is 0.276 e. The summed E-state index contributed by atoms with van der Waals surface area (Å²) in [7, 11) is 0. The zero-order valence-corrected chi connectivity index (χ0v) is 11.5. The van der Waals surface area contributed by atoms with Crippen molar-refractivity contribution in [1.82, 2.24) is 0 Å². The molecule has 2 N–H and O–H groups in total. The van der Waals surface area contributed by atoms with Crippen molar-refractivity contribution in [3.63, 3.8) is 0 Å². The summed E-state index contributed by atoms with van der Waals surface area (Å²) in [6.45, 7) is 2.06. The zero-order chi connectivity index (χ0) is 15.4.